The van der Waals surface area contributed by atoms with Gasteiger partial charge in [-0.25, -0.2) is 0 Å². The van der Waals surface area contributed by atoms with Crippen LogP contribution in [0.2, 0.25) is 0 Å². The van der Waals surface area contributed by atoms with Gasteiger partial charge in [0.2, 0.25) is 0 Å². The first-order chi connectivity index (χ1) is 9.56. The highest BCUT2D eigenvalue weighted by molar-refractivity contribution is 7.94. The van der Waals surface area contributed by atoms with Crippen molar-refractivity contribution in [2.45, 2.75) is 4.90 Å². The number of ether oxygens (including phenoxy) is 1. The van der Waals surface area contributed by atoms with Crippen LogP contribution in [-0.4, -0.2) is 36.8 Å². The summed E-state index contributed by atoms with van der Waals surface area (Å²) in [6, 6.07) is 5.00. The molecule has 1 aromatic rings. The van der Waals surface area contributed by atoms with Crippen molar-refractivity contribution in [3.63, 3.8) is 0 Å². The van der Waals surface area contributed by atoms with Gasteiger partial charge >= 0.3 is 5.97 Å². The Balaban J connectivity index is 2.84. The van der Waals surface area contributed by atoms with Crippen LogP contribution in [0.25, 0.3) is 0 Å². The molecule has 0 amide bonds. The van der Waals surface area contributed by atoms with Gasteiger partial charge in [-0.3, -0.25) is 9.80 Å². The maximum atomic E-state index is 10.5. The van der Waals surface area contributed by atoms with Crippen molar-refractivity contribution in [1.29, 1.82) is 0 Å². The summed E-state index contributed by atoms with van der Waals surface area (Å²) in [5.41, 5.74) is 0.412. The number of likely N-dealkylation sites (N-methyl/N-ethyl adjacent to an activating group) is 1. The molecule has 0 radical (unpaired) electrons. The molecule has 10 heteroatoms. The molecule has 20 heavy (non-hydrogen) atoms. The minimum atomic E-state index is -1.00. The summed E-state index contributed by atoms with van der Waals surface area (Å²) in [6.07, 6.45) is 0. The van der Waals surface area contributed by atoms with Crippen molar-refractivity contribution in [2.24, 2.45) is 16.2 Å². The molecular weight excluding hydrogens is 288 g/mol. The topological polar surface area (TPSA) is 119 Å². The SMILES string of the molecule is COc1ccc(SOON)cc1/N=N/N(C)CC(=O)O. The average molecular weight is 302 g/mol. The summed E-state index contributed by atoms with van der Waals surface area (Å²) in [5.74, 6) is 4.22. The number of nitrogens with zero attached hydrogens (tertiary/aromatic N) is 3. The smallest absolute Gasteiger partial charge is 0.324 e. The Kier molecular flexibility index (Phi) is 6.73. The molecule has 110 valence electrons. The van der Waals surface area contributed by atoms with E-state index in [4.69, 9.17) is 15.7 Å². The fourth-order valence-corrected chi connectivity index (χ4v) is 1.61. The van der Waals surface area contributed by atoms with E-state index in [1.807, 2.05) is 0 Å². The van der Waals surface area contributed by atoms with Gasteiger partial charge in [0.15, 0.2) is 0 Å². The molecule has 0 unspecified atom stereocenters. The van der Waals surface area contributed by atoms with Gasteiger partial charge in [-0.15, -0.1) is 14.4 Å². The monoisotopic (exact) mass is 302 g/mol. The Morgan fingerprint density at radius 2 is 2.30 bits per heavy atom. The van der Waals surface area contributed by atoms with Crippen molar-refractivity contribution in [1.82, 2.24) is 5.01 Å². The van der Waals surface area contributed by atoms with E-state index in [1.54, 1.807) is 18.2 Å². The lowest BCUT2D eigenvalue weighted by molar-refractivity contribution is -0.195. The van der Waals surface area contributed by atoms with E-state index < -0.39 is 5.97 Å². The van der Waals surface area contributed by atoms with Gasteiger partial charge in [0.05, 0.1) is 19.2 Å². The summed E-state index contributed by atoms with van der Waals surface area (Å²) in [4.78, 5) is 15.1. The number of carboxylic acid groups (broad SMARTS) is 1. The first kappa shape index (κ1) is 16.2. The predicted octanol–water partition coefficient (Wildman–Crippen LogP) is 1.54. The van der Waals surface area contributed by atoms with E-state index in [1.165, 1.54) is 19.2 Å². The molecule has 1 aromatic carbocycles. The minimum absolute atomic E-state index is 0.260. The van der Waals surface area contributed by atoms with Crippen LogP contribution in [0.3, 0.4) is 0 Å². The van der Waals surface area contributed by atoms with Crippen LogP contribution in [0.1, 0.15) is 0 Å². The van der Waals surface area contributed by atoms with Crippen molar-refractivity contribution in [2.75, 3.05) is 20.7 Å². The van der Waals surface area contributed by atoms with Crippen LogP contribution in [0, 0.1) is 0 Å². The lowest BCUT2D eigenvalue weighted by Crippen LogP contribution is -2.19. The molecule has 0 saturated carbocycles. The minimum Gasteiger partial charge on any atom is -0.494 e. The highest BCUT2D eigenvalue weighted by Crippen LogP contribution is 2.32. The predicted molar refractivity (Wildman–Crippen MR) is 70.0 cm³/mol. The lowest BCUT2D eigenvalue weighted by atomic mass is 10.3. The van der Waals surface area contributed by atoms with Gasteiger partial charge in [0.1, 0.15) is 18.0 Å². The zero-order chi connectivity index (χ0) is 15.0. The van der Waals surface area contributed by atoms with Crippen LogP contribution in [0.15, 0.2) is 33.4 Å². The van der Waals surface area contributed by atoms with Gasteiger partial charge in [0, 0.05) is 11.9 Å². The van der Waals surface area contributed by atoms with E-state index in [9.17, 15) is 4.79 Å². The second-order valence-electron chi connectivity index (χ2n) is 3.48. The molecule has 0 saturated heterocycles. The fourth-order valence-electron chi connectivity index (χ4n) is 1.21. The first-order valence-electron chi connectivity index (χ1n) is 5.29. The summed E-state index contributed by atoms with van der Waals surface area (Å²) in [7, 11) is 2.98. The standard InChI is InChI=1S/C10H14N4O5S/c1-14(6-10(15)16)13-12-8-5-7(20-19-18-11)3-4-9(8)17-2/h3-5H,6,11H2,1-2H3,(H,15,16)/b13-12+. The fraction of sp³-hybridized carbons (Fsp3) is 0.300. The highest BCUT2D eigenvalue weighted by atomic mass is 32.2. The van der Waals surface area contributed by atoms with Crippen molar-refractivity contribution >= 4 is 23.7 Å². The molecule has 0 aromatic heterocycles. The van der Waals surface area contributed by atoms with E-state index in [2.05, 4.69) is 19.7 Å². The number of hydrogen-bond donors (Lipinski definition) is 2. The molecule has 9 nitrogen and oxygen atoms in total. The van der Waals surface area contributed by atoms with E-state index in [-0.39, 0.29) is 6.54 Å². The molecule has 0 heterocycles. The molecule has 0 bridgehead atoms. The Labute approximate surface area is 119 Å². The van der Waals surface area contributed by atoms with E-state index in [0.717, 1.165) is 12.0 Å². The zero-order valence-corrected chi connectivity index (χ0v) is 11.7. The average Bonchev–Trinajstić information content (AvgIpc) is 2.42. The first-order valence-corrected chi connectivity index (χ1v) is 6.03. The highest BCUT2D eigenvalue weighted by Gasteiger charge is 2.06. The number of carboxylic acids is 1. The van der Waals surface area contributed by atoms with Gasteiger partial charge in [-0.2, -0.15) is 5.90 Å². The van der Waals surface area contributed by atoms with Gasteiger partial charge in [-0.05, 0) is 18.2 Å². The van der Waals surface area contributed by atoms with Crippen LogP contribution in [0.5, 0.6) is 5.75 Å². The van der Waals surface area contributed by atoms with Crippen molar-refractivity contribution in [3.8, 4) is 5.75 Å². The van der Waals surface area contributed by atoms with E-state index >= 15 is 0 Å². The third kappa shape index (κ3) is 5.40. The molecule has 0 aliphatic heterocycles. The Hall–Kier alpha value is -1.88. The number of aliphatic carboxylic acids is 1. The Morgan fingerprint density at radius 3 is 2.90 bits per heavy atom. The molecule has 3 N–H and O–H groups in total. The Bertz CT molecular complexity index is 485. The number of hydrogen-bond acceptors (Lipinski definition) is 8. The molecule has 0 fully saturated rings. The summed E-state index contributed by atoms with van der Waals surface area (Å²) in [6.45, 7) is -0.260. The van der Waals surface area contributed by atoms with Gasteiger partial charge in [-0.1, -0.05) is 5.22 Å². The molecular formula is C10H14N4O5S. The van der Waals surface area contributed by atoms with Crippen LogP contribution in [0.4, 0.5) is 5.69 Å². The maximum Gasteiger partial charge on any atom is 0.324 e. The third-order valence-corrected chi connectivity index (χ3v) is 2.58. The number of nitrogens with two attached hydrogens (primary N) is 1. The van der Waals surface area contributed by atoms with Gasteiger partial charge < -0.3 is 9.84 Å². The molecule has 0 spiro atoms. The van der Waals surface area contributed by atoms with Crippen molar-refractivity contribution in [3.05, 3.63) is 18.2 Å². The number of methoxy groups -OCH3 is 1. The van der Waals surface area contributed by atoms with Crippen molar-refractivity contribution < 1.29 is 24.0 Å². The van der Waals surface area contributed by atoms with Crippen LogP contribution >= 0.6 is 12.0 Å². The summed E-state index contributed by atoms with van der Waals surface area (Å²) >= 11 is 0.887. The number of benzene rings is 1. The second-order valence-corrected chi connectivity index (χ2v) is 4.25. The number of carbonyl (C=O) groups is 1. The number of rotatable bonds is 8. The quantitative estimate of drug-likeness (QED) is 0.321. The molecule has 1 rings (SSSR count). The summed E-state index contributed by atoms with van der Waals surface area (Å²) < 4.78 is 9.64. The normalized spacial score (nSPS) is 10.8. The molecule has 0 aliphatic carbocycles. The molecule has 0 aliphatic rings. The Morgan fingerprint density at radius 1 is 1.55 bits per heavy atom. The maximum absolute atomic E-state index is 10.5. The van der Waals surface area contributed by atoms with E-state index in [0.29, 0.717) is 16.3 Å². The third-order valence-electron chi connectivity index (χ3n) is 1.99. The lowest BCUT2D eigenvalue weighted by Gasteiger charge is -2.09. The largest absolute Gasteiger partial charge is 0.494 e. The molecule has 0 atom stereocenters. The van der Waals surface area contributed by atoms with Gasteiger partial charge in [0.25, 0.3) is 0 Å². The van der Waals surface area contributed by atoms with Crippen LogP contribution < -0.4 is 10.6 Å². The summed E-state index contributed by atoms with van der Waals surface area (Å²) in [5, 5.41) is 17.5. The zero-order valence-electron chi connectivity index (χ0n) is 10.8. The second kappa shape index (κ2) is 8.32. The van der Waals surface area contributed by atoms with Crippen LogP contribution in [-0.2, 0) is 14.1 Å².